The monoisotopic (exact) mass is 228 g/mol. The summed E-state index contributed by atoms with van der Waals surface area (Å²) < 4.78 is 0. The summed E-state index contributed by atoms with van der Waals surface area (Å²) >= 11 is 0. The highest BCUT2D eigenvalue weighted by Gasteiger charge is 1.99. The van der Waals surface area contributed by atoms with Crippen molar-refractivity contribution in [2.75, 3.05) is 0 Å². The number of carboxylic acid groups (broad SMARTS) is 2. The van der Waals surface area contributed by atoms with Crippen LogP contribution in [-0.4, -0.2) is 22.2 Å². The number of carbonyl (C=O) groups is 2. The van der Waals surface area contributed by atoms with Gasteiger partial charge in [0.1, 0.15) is 0 Å². The number of allylic oxidation sites excluding steroid dienone is 1. The number of carboxylic acids is 2. The highest BCUT2D eigenvalue weighted by atomic mass is 16.4. The molecule has 0 bridgehead atoms. The molecule has 0 aliphatic carbocycles. The number of hydrogen-bond donors (Lipinski definition) is 2. The van der Waals surface area contributed by atoms with Gasteiger partial charge in [0.25, 0.3) is 0 Å². The van der Waals surface area contributed by atoms with Crippen LogP contribution >= 0.6 is 0 Å². The van der Waals surface area contributed by atoms with Crippen molar-refractivity contribution in [2.45, 2.75) is 20.8 Å². The van der Waals surface area contributed by atoms with Gasteiger partial charge < -0.3 is 10.2 Å². The Kier molecular flexibility index (Phi) is 13.8. The van der Waals surface area contributed by atoms with Gasteiger partial charge in [-0.3, -0.25) is 0 Å². The van der Waals surface area contributed by atoms with Crippen LogP contribution in [0.1, 0.15) is 20.8 Å². The normalized spacial score (nSPS) is 8.19. The van der Waals surface area contributed by atoms with E-state index in [4.69, 9.17) is 10.2 Å². The third-order valence-electron chi connectivity index (χ3n) is 0.962. The molecule has 92 valence electrons. The fourth-order valence-corrected chi connectivity index (χ4v) is 0. The molecule has 4 nitrogen and oxygen atoms in total. The molecule has 0 aromatic rings. The SMILES string of the molecule is C=CC(=O)O.C=CC(=O)O.C=CC(C)(C)C. The molecule has 0 fully saturated rings. The van der Waals surface area contributed by atoms with E-state index in [1.807, 2.05) is 6.08 Å². The molecule has 0 aliphatic rings. The molecule has 2 N–H and O–H groups in total. The first-order chi connectivity index (χ1) is 7.10. The fourth-order valence-electron chi connectivity index (χ4n) is 0. The van der Waals surface area contributed by atoms with E-state index in [2.05, 4.69) is 40.5 Å². The van der Waals surface area contributed by atoms with E-state index in [1.165, 1.54) is 0 Å². The van der Waals surface area contributed by atoms with Crippen molar-refractivity contribution in [3.05, 3.63) is 38.0 Å². The lowest BCUT2D eigenvalue weighted by Gasteiger charge is -2.08. The maximum absolute atomic E-state index is 9.25. The summed E-state index contributed by atoms with van der Waals surface area (Å²) in [6.45, 7) is 15.9. The molecule has 0 aliphatic heterocycles. The highest BCUT2D eigenvalue weighted by Crippen LogP contribution is 2.11. The average molecular weight is 228 g/mol. The Morgan fingerprint density at radius 2 is 1.06 bits per heavy atom. The lowest BCUT2D eigenvalue weighted by atomic mass is 9.98. The number of aliphatic carboxylic acids is 2. The van der Waals surface area contributed by atoms with Gasteiger partial charge in [-0.05, 0) is 5.41 Å². The van der Waals surface area contributed by atoms with E-state index >= 15 is 0 Å². The van der Waals surface area contributed by atoms with Crippen molar-refractivity contribution in [3.8, 4) is 0 Å². The van der Waals surface area contributed by atoms with Gasteiger partial charge in [-0.2, -0.15) is 0 Å². The van der Waals surface area contributed by atoms with Crippen molar-refractivity contribution in [1.82, 2.24) is 0 Å². The first-order valence-electron chi connectivity index (χ1n) is 4.45. The first kappa shape index (κ1) is 19.7. The molecule has 0 saturated carbocycles. The zero-order chi connectivity index (χ0) is 13.8. The second-order valence-corrected chi connectivity index (χ2v) is 3.65. The summed E-state index contributed by atoms with van der Waals surface area (Å²) in [5, 5.41) is 15.2. The molecule has 0 saturated heterocycles. The van der Waals surface area contributed by atoms with E-state index in [0.29, 0.717) is 5.41 Å². The molecule has 0 aromatic heterocycles. The van der Waals surface area contributed by atoms with Crippen LogP contribution in [0.2, 0.25) is 0 Å². The molecule has 0 rings (SSSR count). The molecule has 0 spiro atoms. The molecule has 0 atom stereocenters. The third-order valence-corrected chi connectivity index (χ3v) is 0.962. The Hall–Kier alpha value is -1.84. The molecule has 16 heavy (non-hydrogen) atoms. The van der Waals surface area contributed by atoms with Gasteiger partial charge >= 0.3 is 11.9 Å². The minimum Gasteiger partial charge on any atom is -0.478 e. The highest BCUT2D eigenvalue weighted by molar-refractivity contribution is 5.79. The van der Waals surface area contributed by atoms with Gasteiger partial charge in [0.15, 0.2) is 0 Å². The van der Waals surface area contributed by atoms with Crippen LogP contribution in [0.3, 0.4) is 0 Å². The smallest absolute Gasteiger partial charge is 0.327 e. The van der Waals surface area contributed by atoms with E-state index in [9.17, 15) is 9.59 Å². The lowest BCUT2D eigenvalue weighted by molar-refractivity contribution is -0.132. The van der Waals surface area contributed by atoms with Crippen LogP contribution < -0.4 is 0 Å². The van der Waals surface area contributed by atoms with Gasteiger partial charge in [-0.1, -0.05) is 40.0 Å². The van der Waals surface area contributed by atoms with Crippen LogP contribution in [0, 0.1) is 5.41 Å². The zero-order valence-corrected chi connectivity index (χ0v) is 10.1. The van der Waals surface area contributed by atoms with Crippen LogP contribution in [0.15, 0.2) is 38.0 Å². The molecular formula is C12H20O4. The molecule has 0 aromatic carbocycles. The minimum atomic E-state index is -0.981. The van der Waals surface area contributed by atoms with Crippen LogP contribution in [-0.2, 0) is 9.59 Å². The largest absolute Gasteiger partial charge is 0.478 e. The Morgan fingerprint density at radius 3 is 1.06 bits per heavy atom. The zero-order valence-electron chi connectivity index (χ0n) is 10.1. The van der Waals surface area contributed by atoms with E-state index in [0.717, 1.165) is 12.2 Å². The maximum atomic E-state index is 9.25. The molecule has 4 heteroatoms. The lowest BCUT2D eigenvalue weighted by Crippen LogP contribution is -1.96. The van der Waals surface area contributed by atoms with Crippen molar-refractivity contribution in [3.63, 3.8) is 0 Å². The summed E-state index contributed by atoms with van der Waals surface area (Å²) in [4.78, 5) is 18.5. The minimum absolute atomic E-state index is 0.306. The van der Waals surface area contributed by atoms with E-state index in [1.54, 1.807) is 0 Å². The molecular weight excluding hydrogens is 208 g/mol. The summed E-state index contributed by atoms with van der Waals surface area (Å²) in [7, 11) is 0. The standard InChI is InChI=1S/C6H12.2C3H4O2/c1-5-6(2,3)4;2*1-2-3(4)5/h5H,1H2,2-4H3;2*2H,1H2,(H,4,5). The van der Waals surface area contributed by atoms with Gasteiger partial charge in [-0.25, -0.2) is 9.59 Å². The summed E-state index contributed by atoms with van der Waals surface area (Å²) in [6, 6.07) is 0. The van der Waals surface area contributed by atoms with Gasteiger partial charge in [0.05, 0.1) is 0 Å². The molecule has 0 heterocycles. The molecule has 0 amide bonds. The van der Waals surface area contributed by atoms with Gasteiger partial charge in [0, 0.05) is 12.2 Å². The van der Waals surface area contributed by atoms with E-state index in [-0.39, 0.29) is 0 Å². The summed E-state index contributed by atoms with van der Waals surface area (Å²) in [5.74, 6) is -1.96. The summed E-state index contributed by atoms with van der Waals surface area (Å²) in [5.41, 5.74) is 0.306. The van der Waals surface area contributed by atoms with Crippen LogP contribution in [0.4, 0.5) is 0 Å². The Bertz CT molecular complexity index is 228. The second-order valence-electron chi connectivity index (χ2n) is 3.65. The number of hydrogen-bond acceptors (Lipinski definition) is 2. The predicted octanol–water partition coefficient (Wildman–Crippen LogP) is 2.73. The van der Waals surface area contributed by atoms with Crippen molar-refractivity contribution in [1.29, 1.82) is 0 Å². The van der Waals surface area contributed by atoms with E-state index < -0.39 is 11.9 Å². The van der Waals surface area contributed by atoms with Crippen molar-refractivity contribution < 1.29 is 19.8 Å². The van der Waals surface area contributed by atoms with Crippen molar-refractivity contribution >= 4 is 11.9 Å². The van der Waals surface area contributed by atoms with Crippen molar-refractivity contribution in [2.24, 2.45) is 5.41 Å². The fraction of sp³-hybridized carbons (Fsp3) is 0.333. The quantitative estimate of drug-likeness (QED) is 0.563. The Labute approximate surface area is 96.6 Å². The molecule has 0 radical (unpaired) electrons. The van der Waals surface area contributed by atoms with Gasteiger partial charge in [0.2, 0.25) is 0 Å². The van der Waals surface area contributed by atoms with Crippen LogP contribution in [0.25, 0.3) is 0 Å². The van der Waals surface area contributed by atoms with Gasteiger partial charge in [-0.15, -0.1) is 6.58 Å². The Balaban J connectivity index is -0.000000160. The topological polar surface area (TPSA) is 74.6 Å². The third kappa shape index (κ3) is 56.9. The first-order valence-corrected chi connectivity index (χ1v) is 4.45. The predicted molar refractivity (Wildman–Crippen MR) is 65.3 cm³/mol. The average Bonchev–Trinajstić information content (AvgIpc) is 2.18. The second kappa shape index (κ2) is 11.2. The molecule has 0 unspecified atom stereocenters. The van der Waals surface area contributed by atoms with Crippen LogP contribution in [0.5, 0.6) is 0 Å². The summed E-state index contributed by atoms with van der Waals surface area (Å²) in [6.07, 6.45) is 3.60. The maximum Gasteiger partial charge on any atom is 0.327 e. The Morgan fingerprint density at radius 1 is 0.938 bits per heavy atom. The number of rotatable bonds is 2.